The SMILES string of the molecule is CC1(C)CC(=O)C2=C(C1)c1c(ccc3ccccc13)NC2c1ccc(-c2cc([N+](=O)[O-])ccc2Cl)o1. The van der Waals surface area contributed by atoms with Gasteiger partial charge in [0.1, 0.15) is 17.6 Å². The molecule has 1 aromatic heterocycles. The van der Waals surface area contributed by atoms with E-state index in [1.807, 2.05) is 18.2 Å². The number of allylic oxidation sites excluding steroid dienone is 1. The van der Waals surface area contributed by atoms with E-state index in [2.05, 4.69) is 43.4 Å². The van der Waals surface area contributed by atoms with Crippen LogP contribution in [0, 0.1) is 15.5 Å². The van der Waals surface area contributed by atoms with Crippen molar-refractivity contribution in [1.29, 1.82) is 0 Å². The fourth-order valence-corrected chi connectivity index (χ4v) is 5.73. The lowest BCUT2D eigenvalue weighted by Gasteiger charge is -2.39. The Balaban J connectivity index is 1.51. The maximum absolute atomic E-state index is 13.6. The van der Waals surface area contributed by atoms with Crippen molar-refractivity contribution < 1.29 is 14.1 Å². The second-order valence-electron chi connectivity index (χ2n) is 10.2. The minimum absolute atomic E-state index is 0.0707. The van der Waals surface area contributed by atoms with Crippen LogP contribution in [-0.4, -0.2) is 10.7 Å². The van der Waals surface area contributed by atoms with E-state index in [9.17, 15) is 14.9 Å². The number of hydrogen-bond donors (Lipinski definition) is 1. The zero-order valence-corrected chi connectivity index (χ0v) is 20.6. The highest BCUT2D eigenvalue weighted by atomic mass is 35.5. The number of halogens is 1. The Morgan fingerprint density at radius 2 is 1.86 bits per heavy atom. The Hall–Kier alpha value is -3.90. The van der Waals surface area contributed by atoms with Crippen LogP contribution in [0.4, 0.5) is 11.4 Å². The zero-order chi connectivity index (χ0) is 25.2. The molecule has 6 nitrogen and oxygen atoms in total. The molecule has 180 valence electrons. The van der Waals surface area contributed by atoms with Gasteiger partial charge in [0.05, 0.1) is 9.95 Å². The van der Waals surface area contributed by atoms with E-state index in [1.54, 1.807) is 6.07 Å². The molecule has 1 atom stereocenters. The van der Waals surface area contributed by atoms with Crippen LogP contribution in [0.1, 0.15) is 44.1 Å². The van der Waals surface area contributed by atoms with E-state index in [4.69, 9.17) is 16.0 Å². The lowest BCUT2D eigenvalue weighted by atomic mass is 9.68. The van der Waals surface area contributed by atoms with Gasteiger partial charge < -0.3 is 9.73 Å². The predicted octanol–water partition coefficient (Wildman–Crippen LogP) is 7.97. The Kier molecular flexibility index (Phi) is 5.05. The minimum atomic E-state index is -0.469. The van der Waals surface area contributed by atoms with Crippen LogP contribution in [0.5, 0.6) is 0 Å². The molecule has 0 saturated heterocycles. The number of carbonyl (C=O) groups excluding carboxylic acids is 1. The molecule has 7 heteroatoms. The third-order valence-corrected chi connectivity index (χ3v) is 7.41. The van der Waals surface area contributed by atoms with Gasteiger partial charge in [0.2, 0.25) is 0 Å². The number of nitro benzene ring substituents is 1. The third-order valence-electron chi connectivity index (χ3n) is 7.08. The molecular weight excluding hydrogens is 476 g/mol. The maximum atomic E-state index is 13.6. The molecule has 0 fully saturated rings. The quantitative estimate of drug-likeness (QED) is 0.228. The second kappa shape index (κ2) is 8.07. The topological polar surface area (TPSA) is 85.4 Å². The zero-order valence-electron chi connectivity index (χ0n) is 19.8. The molecule has 0 saturated carbocycles. The molecule has 1 unspecified atom stereocenters. The average Bonchev–Trinajstić information content (AvgIpc) is 3.32. The number of anilines is 1. The summed E-state index contributed by atoms with van der Waals surface area (Å²) >= 11 is 6.36. The van der Waals surface area contributed by atoms with E-state index >= 15 is 0 Å². The van der Waals surface area contributed by atoms with Gasteiger partial charge in [-0.1, -0.05) is 55.8 Å². The molecule has 0 amide bonds. The molecule has 2 heterocycles. The summed E-state index contributed by atoms with van der Waals surface area (Å²) in [5.41, 5.74) is 4.02. The fourth-order valence-electron chi connectivity index (χ4n) is 5.52. The Bertz CT molecular complexity index is 1610. The first kappa shape index (κ1) is 22.6. The standard InChI is InChI=1S/C29H23ClN2O4/c1-29(2)14-20-26-18-6-4-3-5-16(18)7-10-22(26)31-28(27(20)23(33)15-29)25-12-11-24(36-25)19-13-17(32(34)35)8-9-21(19)30/h3-13,28,31H,14-15H2,1-2H3. The van der Waals surface area contributed by atoms with Gasteiger partial charge in [-0.25, -0.2) is 0 Å². The Morgan fingerprint density at radius 3 is 2.67 bits per heavy atom. The first-order valence-corrected chi connectivity index (χ1v) is 12.2. The van der Waals surface area contributed by atoms with Crippen LogP contribution < -0.4 is 5.32 Å². The number of nitrogens with zero attached hydrogens (tertiary/aromatic N) is 1. The summed E-state index contributed by atoms with van der Waals surface area (Å²) in [6.07, 6.45) is 1.23. The largest absolute Gasteiger partial charge is 0.458 e. The van der Waals surface area contributed by atoms with Crippen molar-refractivity contribution in [2.45, 2.75) is 32.7 Å². The molecule has 2 aliphatic rings. The number of ketones is 1. The minimum Gasteiger partial charge on any atom is -0.458 e. The predicted molar refractivity (Wildman–Crippen MR) is 141 cm³/mol. The van der Waals surface area contributed by atoms with Crippen LogP contribution in [0.2, 0.25) is 5.02 Å². The van der Waals surface area contributed by atoms with E-state index in [0.717, 1.165) is 39.6 Å². The van der Waals surface area contributed by atoms with E-state index in [1.165, 1.54) is 18.2 Å². The third kappa shape index (κ3) is 3.60. The number of rotatable bonds is 3. The van der Waals surface area contributed by atoms with Gasteiger partial charge in [-0.15, -0.1) is 0 Å². The van der Waals surface area contributed by atoms with E-state index in [0.29, 0.717) is 28.5 Å². The highest BCUT2D eigenvalue weighted by Gasteiger charge is 2.41. The molecule has 1 N–H and O–H groups in total. The van der Waals surface area contributed by atoms with Crippen molar-refractivity contribution in [1.82, 2.24) is 0 Å². The lowest BCUT2D eigenvalue weighted by Crippen LogP contribution is -2.33. The molecule has 0 bridgehead atoms. The van der Waals surface area contributed by atoms with Gasteiger partial charge >= 0.3 is 0 Å². The first-order valence-electron chi connectivity index (χ1n) is 11.8. The molecule has 1 aliphatic carbocycles. The summed E-state index contributed by atoms with van der Waals surface area (Å²) in [4.78, 5) is 24.4. The second-order valence-corrected chi connectivity index (χ2v) is 10.7. The van der Waals surface area contributed by atoms with Crippen molar-refractivity contribution in [2.24, 2.45) is 5.41 Å². The highest BCUT2D eigenvalue weighted by Crippen LogP contribution is 2.52. The number of furan rings is 1. The molecule has 4 aromatic rings. The highest BCUT2D eigenvalue weighted by molar-refractivity contribution is 6.33. The molecule has 6 rings (SSSR count). The van der Waals surface area contributed by atoms with Crippen molar-refractivity contribution >= 4 is 45.1 Å². The van der Waals surface area contributed by atoms with Gasteiger partial charge in [-0.05, 0) is 52.4 Å². The molecule has 0 radical (unpaired) electrons. The summed E-state index contributed by atoms with van der Waals surface area (Å²) in [5, 5.41) is 17.4. The first-order chi connectivity index (χ1) is 17.2. The summed E-state index contributed by atoms with van der Waals surface area (Å²) in [7, 11) is 0. The van der Waals surface area contributed by atoms with Gasteiger partial charge in [-0.3, -0.25) is 14.9 Å². The van der Waals surface area contributed by atoms with Crippen molar-refractivity contribution in [2.75, 3.05) is 5.32 Å². The number of nitrogens with one attached hydrogen (secondary N) is 1. The Morgan fingerprint density at radius 1 is 1.06 bits per heavy atom. The monoisotopic (exact) mass is 498 g/mol. The number of benzene rings is 3. The van der Waals surface area contributed by atoms with Crippen molar-refractivity contribution in [3.8, 4) is 11.3 Å². The van der Waals surface area contributed by atoms with Gasteiger partial charge in [0, 0.05) is 40.9 Å². The Labute approximate surface area is 212 Å². The van der Waals surface area contributed by atoms with Crippen LogP contribution in [0.15, 0.2) is 76.7 Å². The number of hydrogen-bond acceptors (Lipinski definition) is 5. The number of fused-ring (bicyclic) bond motifs is 4. The molecule has 3 aromatic carbocycles. The summed E-state index contributed by atoms with van der Waals surface area (Å²) in [6, 6.07) is 19.7. The molecular formula is C29H23ClN2O4. The smallest absolute Gasteiger partial charge is 0.270 e. The van der Waals surface area contributed by atoms with Crippen LogP contribution in [-0.2, 0) is 4.79 Å². The van der Waals surface area contributed by atoms with Crippen LogP contribution in [0.3, 0.4) is 0 Å². The van der Waals surface area contributed by atoms with E-state index in [-0.39, 0.29) is 16.9 Å². The molecule has 36 heavy (non-hydrogen) atoms. The summed E-state index contributed by atoms with van der Waals surface area (Å²) in [6.45, 7) is 4.26. The summed E-state index contributed by atoms with van der Waals surface area (Å²) in [5.74, 6) is 1.08. The molecule has 1 aliphatic heterocycles. The summed E-state index contributed by atoms with van der Waals surface area (Å²) < 4.78 is 6.22. The van der Waals surface area contributed by atoms with Gasteiger partial charge in [-0.2, -0.15) is 0 Å². The number of Topliss-reactive ketones (excluding diaryl/α,β-unsaturated/α-hetero) is 1. The lowest BCUT2D eigenvalue weighted by molar-refractivity contribution is -0.384. The van der Waals surface area contributed by atoms with Gasteiger partial charge in [0.15, 0.2) is 5.78 Å². The molecule has 0 spiro atoms. The van der Waals surface area contributed by atoms with E-state index < -0.39 is 11.0 Å². The number of non-ortho nitro benzene ring substituents is 1. The van der Waals surface area contributed by atoms with Crippen molar-refractivity contribution in [3.63, 3.8) is 0 Å². The number of carbonyl (C=O) groups is 1. The average molecular weight is 499 g/mol. The van der Waals surface area contributed by atoms with Crippen LogP contribution in [0.25, 0.3) is 27.7 Å². The fraction of sp³-hybridized carbons (Fsp3) is 0.207. The van der Waals surface area contributed by atoms with Crippen LogP contribution >= 0.6 is 11.6 Å². The van der Waals surface area contributed by atoms with Crippen molar-refractivity contribution in [3.05, 3.63) is 98.8 Å². The van der Waals surface area contributed by atoms with Gasteiger partial charge in [0.25, 0.3) is 5.69 Å². The normalized spacial score (nSPS) is 18.5. The number of nitro groups is 1. The maximum Gasteiger partial charge on any atom is 0.270 e.